The summed E-state index contributed by atoms with van der Waals surface area (Å²) in [7, 11) is 0. The molecule has 3 N–H and O–H groups in total. The summed E-state index contributed by atoms with van der Waals surface area (Å²) in [6.07, 6.45) is -1.99. The lowest BCUT2D eigenvalue weighted by Gasteiger charge is -2.17. The Balaban J connectivity index is 2.08. The first-order chi connectivity index (χ1) is 8.50. The number of nitrogens with one attached hydrogen (secondary N) is 1. The maximum atomic E-state index is 12.6. The van der Waals surface area contributed by atoms with Gasteiger partial charge in [-0.3, -0.25) is 0 Å². The highest BCUT2D eigenvalue weighted by Crippen LogP contribution is 2.31. The smallest absolute Gasteiger partial charge is 0.330 e. The number of alkyl halides is 3. The van der Waals surface area contributed by atoms with E-state index in [0.717, 1.165) is 18.9 Å². The van der Waals surface area contributed by atoms with E-state index in [-0.39, 0.29) is 5.92 Å². The van der Waals surface area contributed by atoms with Gasteiger partial charge in [0.25, 0.3) is 0 Å². The van der Waals surface area contributed by atoms with Crippen LogP contribution in [0.3, 0.4) is 0 Å². The summed E-state index contributed by atoms with van der Waals surface area (Å²) < 4.78 is 37.8. The molecule has 2 nitrogen and oxygen atoms in total. The van der Waals surface area contributed by atoms with Gasteiger partial charge in [0.2, 0.25) is 0 Å². The number of rotatable bonds is 5. The summed E-state index contributed by atoms with van der Waals surface area (Å²) >= 11 is 0. The largest absolute Gasteiger partial charge is 0.416 e. The first-order valence-corrected chi connectivity index (χ1v) is 6.11. The standard InChI is InChI=1S/C13H17F3N2/c14-13(15,16)11-3-1-2-9(6-11)10(7-17)8-18-12-4-5-12/h1-3,6,10,12,18H,4-5,7-8,17H2. The Morgan fingerprint density at radius 1 is 1.33 bits per heavy atom. The van der Waals surface area contributed by atoms with Crippen LogP contribution in [0.1, 0.15) is 29.9 Å². The molecule has 0 amide bonds. The number of benzene rings is 1. The normalized spacial score (nSPS) is 17.8. The van der Waals surface area contributed by atoms with E-state index >= 15 is 0 Å². The van der Waals surface area contributed by atoms with Crippen LogP contribution in [0.4, 0.5) is 13.2 Å². The lowest BCUT2D eigenvalue weighted by Crippen LogP contribution is -2.28. The van der Waals surface area contributed by atoms with Gasteiger partial charge >= 0.3 is 6.18 Å². The van der Waals surface area contributed by atoms with Gasteiger partial charge in [-0.2, -0.15) is 13.2 Å². The quantitative estimate of drug-likeness (QED) is 0.851. The number of hydrogen-bond acceptors (Lipinski definition) is 2. The molecule has 1 aromatic rings. The van der Waals surface area contributed by atoms with Crippen LogP contribution in [0.15, 0.2) is 24.3 Å². The second kappa shape index (κ2) is 5.28. The van der Waals surface area contributed by atoms with E-state index in [9.17, 15) is 13.2 Å². The number of halogens is 3. The molecule has 1 aliphatic rings. The van der Waals surface area contributed by atoms with Gasteiger partial charge in [0, 0.05) is 25.0 Å². The molecule has 0 aromatic heterocycles. The van der Waals surface area contributed by atoms with E-state index < -0.39 is 11.7 Å². The van der Waals surface area contributed by atoms with Crippen LogP contribution in [0.5, 0.6) is 0 Å². The first-order valence-electron chi connectivity index (χ1n) is 6.11. The average Bonchev–Trinajstić information content (AvgIpc) is 3.13. The minimum Gasteiger partial charge on any atom is -0.330 e. The van der Waals surface area contributed by atoms with Crippen molar-refractivity contribution >= 4 is 0 Å². The van der Waals surface area contributed by atoms with Gasteiger partial charge < -0.3 is 11.1 Å². The summed E-state index contributed by atoms with van der Waals surface area (Å²) in [6.45, 7) is 0.990. The highest BCUT2D eigenvalue weighted by molar-refractivity contribution is 5.28. The predicted octanol–water partition coefficient (Wildman–Crippen LogP) is 2.50. The van der Waals surface area contributed by atoms with Crippen molar-refractivity contribution in [3.05, 3.63) is 35.4 Å². The third kappa shape index (κ3) is 3.46. The molecule has 0 bridgehead atoms. The van der Waals surface area contributed by atoms with Crippen LogP contribution in [0.2, 0.25) is 0 Å². The first kappa shape index (κ1) is 13.4. The molecule has 0 aliphatic heterocycles. The maximum absolute atomic E-state index is 12.6. The Morgan fingerprint density at radius 2 is 2.06 bits per heavy atom. The summed E-state index contributed by atoms with van der Waals surface area (Å²) in [5, 5.41) is 3.30. The molecule has 1 atom stereocenters. The van der Waals surface area contributed by atoms with Crippen molar-refractivity contribution in [3.8, 4) is 0 Å². The topological polar surface area (TPSA) is 38.0 Å². The Hall–Kier alpha value is -1.07. The van der Waals surface area contributed by atoms with E-state index in [1.807, 2.05) is 0 Å². The summed E-state index contributed by atoms with van der Waals surface area (Å²) in [4.78, 5) is 0. The van der Waals surface area contributed by atoms with Crippen LogP contribution in [-0.4, -0.2) is 19.1 Å². The Kier molecular flexibility index (Phi) is 3.92. The lowest BCUT2D eigenvalue weighted by atomic mass is 9.97. The molecule has 0 saturated heterocycles. The highest BCUT2D eigenvalue weighted by atomic mass is 19.4. The molecule has 5 heteroatoms. The molecule has 0 heterocycles. The van der Waals surface area contributed by atoms with E-state index in [1.54, 1.807) is 6.07 Å². The fourth-order valence-electron chi connectivity index (χ4n) is 1.90. The van der Waals surface area contributed by atoms with Crippen molar-refractivity contribution in [2.45, 2.75) is 31.0 Å². The van der Waals surface area contributed by atoms with Crippen molar-refractivity contribution < 1.29 is 13.2 Å². The summed E-state index contributed by atoms with van der Waals surface area (Å²) in [6, 6.07) is 5.97. The van der Waals surface area contributed by atoms with Crippen LogP contribution >= 0.6 is 0 Å². The van der Waals surface area contributed by atoms with Crippen LogP contribution in [-0.2, 0) is 6.18 Å². The van der Waals surface area contributed by atoms with Gasteiger partial charge in [0.05, 0.1) is 5.56 Å². The SMILES string of the molecule is NCC(CNC1CC1)c1cccc(C(F)(F)F)c1. The zero-order valence-corrected chi connectivity index (χ0v) is 10.0. The monoisotopic (exact) mass is 258 g/mol. The van der Waals surface area contributed by atoms with Gasteiger partial charge in [0.15, 0.2) is 0 Å². The Labute approximate surface area is 104 Å². The van der Waals surface area contributed by atoms with Crippen molar-refractivity contribution in [2.75, 3.05) is 13.1 Å². The number of hydrogen-bond donors (Lipinski definition) is 2. The second-order valence-electron chi connectivity index (χ2n) is 4.74. The molecular weight excluding hydrogens is 241 g/mol. The molecule has 100 valence electrons. The van der Waals surface area contributed by atoms with E-state index in [4.69, 9.17) is 5.73 Å². The van der Waals surface area contributed by atoms with Crippen molar-refractivity contribution in [1.82, 2.24) is 5.32 Å². The molecule has 0 radical (unpaired) electrons. The third-order valence-electron chi connectivity index (χ3n) is 3.20. The molecule has 2 rings (SSSR count). The third-order valence-corrected chi connectivity index (χ3v) is 3.20. The molecule has 1 aliphatic carbocycles. The number of nitrogens with two attached hydrogens (primary N) is 1. The molecule has 1 unspecified atom stereocenters. The van der Waals surface area contributed by atoms with Gasteiger partial charge in [-0.1, -0.05) is 18.2 Å². The second-order valence-corrected chi connectivity index (χ2v) is 4.74. The zero-order chi connectivity index (χ0) is 13.2. The van der Waals surface area contributed by atoms with Gasteiger partial charge in [-0.25, -0.2) is 0 Å². The molecule has 0 spiro atoms. The molecule has 1 saturated carbocycles. The fourth-order valence-corrected chi connectivity index (χ4v) is 1.90. The average molecular weight is 258 g/mol. The molecule has 18 heavy (non-hydrogen) atoms. The lowest BCUT2D eigenvalue weighted by molar-refractivity contribution is -0.137. The Bertz CT molecular complexity index is 399. The van der Waals surface area contributed by atoms with E-state index in [0.29, 0.717) is 24.7 Å². The van der Waals surface area contributed by atoms with E-state index in [1.165, 1.54) is 12.1 Å². The van der Waals surface area contributed by atoms with Crippen molar-refractivity contribution in [3.63, 3.8) is 0 Å². The van der Waals surface area contributed by atoms with Gasteiger partial charge in [-0.05, 0) is 24.5 Å². The van der Waals surface area contributed by atoms with Gasteiger partial charge in [-0.15, -0.1) is 0 Å². The van der Waals surface area contributed by atoms with Crippen LogP contribution in [0.25, 0.3) is 0 Å². The minimum atomic E-state index is -4.29. The van der Waals surface area contributed by atoms with Crippen LogP contribution in [0, 0.1) is 0 Å². The molecule has 1 fully saturated rings. The molecular formula is C13H17F3N2. The van der Waals surface area contributed by atoms with Crippen molar-refractivity contribution in [2.24, 2.45) is 5.73 Å². The predicted molar refractivity (Wildman–Crippen MR) is 64.3 cm³/mol. The fraction of sp³-hybridized carbons (Fsp3) is 0.538. The molecule has 1 aromatic carbocycles. The van der Waals surface area contributed by atoms with Gasteiger partial charge in [0.1, 0.15) is 0 Å². The highest BCUT2D eigenvalue weighted by Gasteiger charge is 2.31. The zero-order valence-electron chi connectivity index (χ0n) is 10.0. The van der Waals surface area contributed by atoms with E-state index in [2.05, 4.69) is 5.32 Å². The van der Waals surface area contributed by atoms with Crippen LogP contribution < -0.4 is 11.1 Å². The summed E-state index contributed by atoms with van der Waals surface area (Å²) in [5.41, 5.74) is 5.70. The summed E-state index contributed by atoms with van der Waals surface area (Å²) in [5.74, 6) is -0.0621. The Morgan fingerprint density at radius 3 is 2.61 bits per heavy atom. The minimum absolute atomic E-state index is 0.0621. The maximum Gasteiger partial charge on any atom is 0.416 e. The van der Waals surface area contributed by atoms with Crippen molar-refractivity contribution in [1.29, 1.82) is 0 Å².